The molecule has 0 bridgehead atoms. The van der Waals surface area contributed by atoms with E-state index < -0.39 is 0 Å². The van der Waals surface area contributed by atoms with Gasteiger partial charge in [0.1, 0.15) is 5.75 Å². The second kappa shape index (κ2) is 5.74. The highest BCUT2D eigenvalue weighted by Gasteiger charge is 2.40. The number of piperidine rings is 1. The molecule has 4 atom stereocenters. The minimum Gasteiger partial charge on any atom is -0.497 e. The molecule has 0 amide bonds. The van der Waals surface area contributed by atoms with Crippen LogP contribution in [0.2, 0.25) is 0 Å². The van der Waals surface area contributed by atoms with E-state index in [1.165, 1.54) is 12.1 Å². The molecule has 1 aliphatic heterocycles. The smallest absolute Gasteiger partial charge is 0.119 e. The van der Waals surface area contributed by atoms with Crippen LogP contribution in [0.1, 0.15) is 30.7 Å². The lowest BCUT2D eigenvalue weighted by Crippen LogP contribution is -2.46. The van der Waals surface area contributed by atoms with Crippen molar-refractivity contribution < 1.29 is 9.84 Å². The summed E-state index contributed by atoms with van der Waals surface area (Å²) in [5.41, 5.74) is 1.36. The van der Waals surface area contributed by atoms with Crippen LogP contribution in [0.3, 0.4) is 0 Å². The van der Waals surface area contributed by atoms with Gasteiger partial charge in [-0.25, -0.2) is 0 Å². The van der Waals surface area contributed by atoms with Gasteiger partial charge in [-0.15, -0.1) is 0 Å². The highest BCUT2D eigenvalue weighted by molar-refractivity contribution is 5.32. The summed E-state index contributed by atoms with van der Waals surface area (Å²) in [6.07, 6.45) is 2.99. The van der Waals surface area contributed by atoms with Gasteiger partial charge in [-0.1, -0.05) is 12.1 Å². The molecule has 1 saturated heterocycles. The summed E-state index contributed by atoms with van der Waals surface area (Å²) >= 11 is 0. The van der Waals surface area contributed by atoms with Crippen LogP contribution in [0, 0.1) is 11.8 Å². The van der Waals surface area contributed by atoms with Crippen molar-refractivity contribution >= 4 is 0 Å². The summed E-state index contributed by atoms with van der Waals surface area (Å²) in [6, 6.07) is 8.46. The van der Waals surface area contributed by atoms with Gasteiger partial charge in [0.15, 0.2) is 0 Å². The maximum Gasteiger partial charge on any atom is 0.119 e. The average molecular weight is 275 g/mol. The quantitative estimate of drug-likeness (QED) is 0.900. The van der Waals surface area contributed by atoms with Gasteiger partial charge in [-0.2, -0.15) is 0 Å². The molecular weight excluding hydrogens is 250 g/mol. The minimum absolute atomic E-state index is 0.104. The summed E-state index contributed by atoms with van der Waals surface area (Å²) in [7, 11) is 3.94. The molecule has 2 fully saturated rings. The number of aliphatic hydroxyl groups is 1. The van der Waals surface area contributed by atoms with Gasteiger partial charge in [-0.05, 0) is 61.8 Å². The van der Waals surface area contributed by atoms with Crippen LogP contribution in [0.4, 0.5) is 0 Å². The molecule has 0 radical (unpaired) electrons. The van der Waals surface area contributed by atoms with Crippen LogP contribution in [0.5, 0.6) is 5.75 Å². The van der Waals surface area contributed by atoms with Crippen molar-refractivity contribution in [3.63, 3.8) is 0 Å². The van der Waals surface area contributed by atoms with E-state index in [0.29, 0.717) is 11.8 Å². The maximum absolute atomic E-state index is 10.0. The van der Waals surface area contributed by atoms with Gasteiger partial charge in [-0.3, -0.25) is 0 Å². The van der Waals surface area contributed by atoms with Crippen LogP contribution in [0.15, 0.2) is 24.3 Å². The Labute approximate surface area is 121 Å². The third kappa shape index (κ3) is 2.70. The lowest BCUT2D eigenvalue weighted by atomic mass is 9.67. The van der Waals surface area contributed by atoms with Gasteiger partial charge in [0.05, 0.1) is 13.2 Å². The van der Waals surface area contributed by atoms with Crippen LogP contribution in [-0.4, -0.2) is 43.4 Å². The molecule has 0 spiro atoms. The SMILES string of the molecule is COc1cccc([C@H]2CN(C)CC3CC[C@@H](O)C[C@H]32)c1. The van der Waals surface area contributed by atoms with Gasteiger partial charge < -0.3 is 14.7 Å². The van der Waals surface area contributed by atoms with Crippen molar-refractivity contribution in [2.24, 2.45) is 11.8 Å². The Morgan fingerprint density at radius 2 is 2.10 bits per heavy atom. The molecule has 1 aliphatic carbocycles. The molecule has 2 aliphatic rings. The summed E-state index contributed by atoms with van der Waals surface area (Å²) < 4.78 is 5.37. The number of hydrogen-bond acceptors (Lipinski definition) is 3. The molecule has 1 unspecified atom stereocenters. The number of nitrogens with zero attached hydrogens (tertiary/aromatic N) is 1. The lowest BCUT2D eigenvalue weighted by molar-refractivity contribution is 0.0142. The average Bonchev–Trinajstić information content (AvgIpc) is 2.47. The van der Waals surface area contributed by atoms with Gasteiger partial charge >= 0.3 is 0 Å². The Bertz CT molecular complexity index is 462. The normalized spacial score (nSPS) is 34.5. The van der Waals surface area contributed by atoms with Gasteiger partial charge in [0, 0.05) is 13.1 Å². The number of benzene rings is 1. The second-order valence-corrected chi connectivity index (χ2v) is 6.50. The first kappa shape index (κ1) is 13.9. The second-order valence-electron chi connectivity index (χ2n) is 6.50. The zero-order chi connectivity index (χ0) is 14.1. The summed E-state index contributed by atoms with van der Waals surface area (Å²) in [5.74, 6) is 2.79. The molecule has 20 heavy (non-hydrogen) atoms. The summed E-state index contributed by atoms with van der Waals surface area (Å²) in [6.45, 7) is 2.26. The van der Waals surface area contributed by atoms with Gasteiger partial charge in [0.2, 0.25) is 0 Å². The fraction of sp³-hybridized carbons (Fsp3) is 0.647. The molecule has 1 aromatic rings. The first-order valence-corrected chi connectivity index (χ1v) is 7.68. The Kier molecular flexibility index (Phi) is 3.99. The van der Waals surface area contributed by atoms with E-state index in [2.05, 4.69) is 30.1 Å². The number of ether oxygens (including phenoxy) is 1. The van der Waals surface area contributed by atoms with E-state index in [1.807, 2.05) is 6.07 Å². The lowest BCUT2D eigenvalue weighted by Gasteiger charge is -2.46. The van der Waals surface area contributed by atoms with Crippen molar-refractivity contribution in [1.82, 2.24) is 4.90 Å². The highest BCUT2D eigenvalue weighted by atomic mass is 16.5. The number of fused-ring (bicyclic) bond motifs is 1. The third-order valence-corrected chi connectivity index (χ3v) is 5.11. The molecule has 1 N–H and O–H groups in total. The molecule has 3 heteroatoms. The fourth-order valence-corrected chi connectivity index (χ4v) is 4.14. The molecule has 1 heterocycles. The molecule has 110 valence electrons. The van der Waals surface area contributed by atoms with E-state index in [1.54, 1.807) is 7.11 Å². The van der Waals surface area contributed by atoms with Crippen molar-refractivity contribution in [3.8, 4) is 5.75 Å². The molecule has 3 rings (SSSR count). The molecule has 3 nitrogen and oxygen atoms in total. The topological polar surface area (TPSA) is 32.7 Å². The Morgan fingerprint density at radius 3 is 2.90 bits per heavy atom. The monoisotopic (exact) mass is 275 g/mol. The van der Waals surface area contributed by atoms with Crippen molar-refractivity contribution in [2.45, 2.75) is 31.3 Å². The molecule has 1 aromatic carbocycles. The first-order valence-electron chi connectivity index (χ1n) is 7.68. The van der Waals surface area contributed by atoms with Crippen molar-refractivity contribution in [2.75, 3.05) is 27.2 Å². The van der Waals surface area contributed by atoms with Crippen LogP contribution >= 0.6 is 0 Å². The number of likely N-dealkylation sites (N-methyl/N-ethyl adjacent to an activating group) is 1. The predicted molar refractivity (Wildman–Crippen MR) is 80.1 cm³/mol. The van der Waals surface area contributed by atoms with Crippen molar-refractivity contribution in [1.29, 1.82) is 0 Å². The number of rotatable bonds is 2. The number of hydrogen-bond donors (Lipinski definition) is 1. The largest absolute Gasteiger partial charge is 0.497 e. The molecule has 1 saturated carbocycles. The van der Waals surface area contributed by atoms with E-state index in [-0.39, 0.29) is 6.10 Å². The highest BCUT2D eigenvalue weighted by Crippen LogP contribution is 2.44. The maximum atomic E-state index is 10.0. The van der Waals surface area contributed by atoms with Gasteiger partial charge in [0.25, 0.3) is 0 Å². The Morgan fingerprint density at radius 1 is 1.25 bits per heavy atom. The number of methoxy groups -OCH3 is 1. The van der Waals surface area contributed by atoms with E-state index in [9.17, 15) is 5.11 Å². The van der Waals surface area contributed by atoms with E-state index in [0.717, 1.165) is 37.5 Å². The Balaban J connectivity index is 1.88. The predicted octanol–water partition coefficient (Wildman–Crippen LogP) is 2.50. The zero-order valence-electron chi connectivity index (χ0n) is 12.5. The first-order chi connectivity index (χ1) is 9.67. The number of aliphatic hydroxyl groups excluding tert-OH is 1. The Hall–Kier alpha value is -1.06. The van der Waals surface area contributed by atoms with E-state index >= 15 is 0 Å². The molecular formula is C17H25NO2. The zero-order valence-corrected chi connectivity index (χ0v) is 12.5. The summed E-state index contributed by atoms with van der Waals surface area (Å²) in [4.78, 5) is 2.45. The van der Waals surface area contributed by atoms with E-state index in [4.69, 9.17) is 4.74 Å². The third-order valence-electron chi connectivity index (χ3n) is 5.11. The standard InChI is InChI=1S/C17H25NO2/c1-18-10-13-6-7-14(19)9-16(13)17(11-18)12-4-3-5-15(8-12)20-2/h3-5,8,13-14,16-17,19H,6-7,9-11H2,1-2H3/t13?,14-,16-,17-/m1/s1. The minimum atomic E-state index is -0.104. The summed E-state index contributed by atoms with van der Waals surface area (Å²) in [5, 5.41) is 10.0. The van der Waals surface area contributed by atoms with Crippen LogP contribution in [-0.2, 0) is 0 Å². The van der Waals surface area contributed by atoms with Crippen molar-refractivity contribution in [3.05, 3.63) is 29.8 Å². The van der Waals surface area contributed by atoms with Crippen LogP contribution < -0.4 is 4.74 Å². The fourth-order valence-electron chi connectivity index (χ4n) is 4.14. The number of likely N-dealkylation sites (tertiary alicyclic amines) is 1. The van der Waals surface area contributed by atoms with Crippen LogP contribution in [0.25, 0.3) is 0 Å². The molecule has 0 aromatic heterocycles.